The highest BCUT2D eigenvalue weighted by Gasteiger charge is 2.62. The van der Waals surface area contributed by atoms with E-state index in [0.717, 1.165) is 58.6 Å². The summed E-state index contributed by atoms with van der Waals surface area (Å²) in [6, 6.07) is 12.1. The van der Waals surface area contributed by atoms with Crippen molar-refractivity contribution in [3.63, 3.8) is 0 Å². The zero-order chi connectivity index (χ0) is 42.3. The van der Waals surface area contributed by atoms with Gasteiger partial charge in [0.2, 0.25) is 5.91 Å². The first-order valence-electron chi connectivity index (χ1n) is 20.5. The number of methoxy groups -OCH3 is 2. The van der Waals surface area contributed by atoms with Gasteiger partial charge in [-0.25, -0.2) is 19.6 Å². The number of benzene rings is 2. The Hall–Kier alpha value is -5.43. The third kappa shape index (κ3) is 9.56. The van der Waals surface area contributed by atoms with Gasteiger partial charge in [-0.1, -0.05) is 44.6 Å². The molecule has 4 aromatic rings. The molecule has 2 aliphatic rings. The van der Waals surface area contributed by atoms with E-state index >= 15 is 0 Å². The molecule has 2 aromatic heterocycles. The van der Waals surface area contributed by atoms with E-state index in [0.29, 0.717) is 42.2 Å². The summed E-state index contributed by atoms with van der Waals surface area (Å²) in [6.07, 6.45) is 7.10. The van der Waals surface area contributed by atoms with E-state index in [1.165, 1.54) is 11.3 Å². The summed E-state index contributed by atoms with van der Waals surface area (Å²) in [7, 11) is 3.25. The van der Waals surface area contributed by atoms with Crippen LogP contribution < -0.4 is 19.5 Å². The molecule has 1 saturated carbocycles. The first-order valence-corrected chi connectivity index (χ1v) is 21.4. The van der Waals surface area contributed by atoms with Crippen LogP contribution in [0.1, 0.15) is 82.0 Å². The van der Waals surface area contributed by atoms with Gasteiger partial charge in [0.05, 0.1) is 38.6 Å². The standard InChI is InChI=1S/C46H57N5O7S/c1-9-12-13-14-15-22-50(26-31-16-18-33(55-7)19-17-31)45(54)51-27-34(23-38(51)42(52)49-46(25-32(46)10-2)44(53)57-11-3)58-40-24-36(43-48-37(28-59-43)29(4)5)47-41-30(6)39(56-8)21-20-35(40)41/h9-10,16-21,24,28-29,32,34,38H,1-2,11-15,22-23,25-27H2,3-8H3,(H,49,52)/t32-,34-,38+,46-/m1/s1. The number of esters is 1. The van der Waals surface area contributed by atoms with Crippen molar-refractivity contribution in [2.75, 3.05) is 33.9 Å². The lowest BCUT2D eigenvalue weighted by Crippen LogP contribution is -2.55. The monoisotopic (exact) mass is 823 g/mol. The molecule has 1 aliphatic heterocycles. The Labute approximate surface area is 351 Å². The van der Waals surface area contributed by atoms with E-state index in [9.17, 15) is 14.4 Å². The number of nitrogens with zero attached hydrogens (tertiary/aromatic N) is 4. The van der Waals surface area contributed by atoms with Crippen LogP contribution in [0.5, 0.6) is 17.2 Å². The summed E-state index contributed by atoms with van der Waals surface area (Å²) in [5.74, 6) is 0.989. The van der Waals surface area contributed by atoms with Crippen molar-refractivity contribution in [1.82, 2.24) is 25.1 Å². The number of amides is 3. The molecule has 0 radical (unpaired) electrons. The van der Waals surface area contributed by atoms with Crippen LogP contribution in [0.2, 0.25) is 0 Å². The van der Waals surface area contributed by atoms with Crippen molar-refractivity contribution in [2.45, 2.75) is 96.4 Å². The quantitative estimate of drug-likeness (QED) is 0.0561. The molecular formula is C46H57N5O7S. The van der Waals surface area contributed by atoms with E-state index in [1.54, 1.807) is 37.0 Å². The van der Waals surface area contributed by atoms with Gasteiger partial charge >= 0.3 is 12.0 Å². The zero-order valence-electron chi connectivity index (χ0n) is 35.1. The summed E-state index contributed by atoms with van der Waals surface area (Å²) < 4.78 is 23.3. The maximum Gasteiger partial charge on any atom is 0.332 e. The Morgan fingerprint density at radius 3 is 2.47 bits per heavy atom. The predicted molar refractivity (Wildman–Crippen MR) is 231 cm³/mol. The molecule has 3 amide bonds. The Morgan fingerprint density at radius 2 is 1.83 bits per heavy atom. The van der Waals surface area contributed by atoms with Gasteiger partial charge in [-0.15, -0.1) is 24.5 Å². The van der Waals surface area contributed by atoms with Gasteiger partial charge in [-0.05, 0) is 75.3 Å². The van der Waals surface area contributed by atoms with E-state index in [1.807, 2.05) is 60.8 Å². The van der Waals surface area contributed by atoms with Crippen molar-refractivity contribution in [1.29, 1.82) is 0 Å². The fraction of sp³-hybridized carbons (Fsp3) is 0.457. The van der Waals surface area contributed by atoms with Crippen molar-refractivity contribution >= 4 is 40.1 Å². The summed E-state index contributed by atoms with van der Waals surface area (Å²) >= 11 is 1.52. The number of fused-ring (bicyclic) bond motifs is 1. The van der Waals surface area contributed by atoms with Gasteiger partial charge in [0, 0.05) is 47.8 Å². The SMILES string of the molecule is C=CCCCCCN(Cc1ccc(OC)cc1)C(=O)N1C[C@H](Oc2cc(-c3nc(C(C)C)cs3)nc3c(C)c(OC)ccc23)C[C@H]1C(=O)N[C@]1(C(=O)OCC)C[C@H]1C=C. The number of aromatic nitrogens is 2. The van der Waals surface area contributed by atoms with Crippen LogP contribution in [0.15, 0.2) is 73.2 Å². The number of carbonyl (C=O) groups is 3. The largest absolute Gasteiger partial charge is 0.497 e. The third-order valence-corrected chi connectivity index (χ3v) is 12.1. The molecule has 1 N–H and O–H groups in total. The normalized spacial score (nSPS) is 19.6. The number of unbranched alkanes of at least 4 members (excludes halogenated alkanes) is 3. The average Bonchev–Trinajstić information content (AvgIpc) is 3.50. The van der Waals surface area contributed by atoms with E-state index in [4.69, 9.17) is 28.9 Å². The number of carbonyl (C=O) groups excluding carboxylic acids is 3. The number of urea groups is 1. The summed E-state index contributed by atoms with van der Waals surface area (Å²) in [4.78, 5) is 56.0. The second kappa shape index (κ2) is 19.1. The van der Waals surface area contributed by atoms with Gasteiger partial charge in [0.1, 0.15) is 45.6 Å². The summed E-state index contributed by atoms with van der Waals surface area (Å²) in [5, 5.41) is 6.59. The molecular weight excluding hydrogens is 767 g/mol. The van der Waals surface area contributed by atoms with Crippen molar-refractivity contribution < 1.29 is 33.3 Å². The Bertz CT molecular complexity index is 2150. The van der Waals surface area contributed by atoms with Crippen LogP contribution in [0.4, 0.5) is 4.79 Å². The van der Waals surface area contributed by atoms with Gasteiger partial charge in [-0.2, -0.15) is 0 Å². The summed E-state index contributed by atoms with van der Waals surface area (Å²) in [6.45, 7) is 16.7. The topological polar surface area (TPSA) is 132 Å². The lowest BCUT2D eigenvalue weighted by Gasteiger charge is -2.32. The number of thiazole rings is 1. The lowest BCUT2D eigenvalue weighted by molar-refractivity contribution is -0.149. The van der Waals surface area contributed by atoms with Crippen LogP contribution in [0, 0.1) is 12.8 Å². The third-order valence-electron chi connectivity index (χ3n) is 11.2. The number of rotatable bonds is 19. The molecule has 3 heterocycles. The van der Waals surface area contributed by atoms with Gasteiger partial charge in [-0.3, -0.25) is 4.79 Å². The maximum atomic E-state index is 14.9. The van der Waals surface area contributed by atoms with Crippen LogP contribution in [0.3, 0.4) is 0 Å². The highest BCUT2D eigenvalue weighted by Crippen LogP contribution is 2.46. The molecule has 0 unspecified atom stereocenters. The number of pyridine rings is 1. The molecule has 12 nitrogen and oxygen atoms in total. The smallest absolute Gasteiger partial charge is 0.332 e. The van der Waals surface area contributed by atoms with Crippen LogP contribution >= 0.6 is 11.3 Å². The molecule has 1 aliphatic carbocycles. The minimum Gasteiger partial charge on any atom is -0.497 e. The molecule has 0 spiro atoms. The minimum atomic E-state index is -1.23. The van der Waals surface area contributed by atoms with E-state index in [-0.39, 0.29) is 37.4 Å². The molecule has 13 heteroatoms. The van der Waals surface area contributed by atoms with E-state index < -0.39 is 29.6 Å². The maximum absolute atomic E-state index is 14.9. The molecule has 1 saturated heterocycles. The molecule has 4 atom stereocenters. The second-order valence-corrected chi connectivity index (χ2v) is 16.4. The molecule has 2 aromatic carbocycles. The number of nitrogens with one attached hydrogen (secondary N) is 1. The van der Waals surface area contributed by atoms with Crippen molar-refractivity contribution in [3.8, 4) is 28.0 Å². The fourth-order valence-corrected chi connectivity index (χ4v) is 8.65. The Kier molecular flexibility index (Phi) is 14.0. The van der Waals surface area contributed by atoms with Crippen LogP contribution in [0.25, 0.3) is 21.6 Å². The van der Waals surface area contributed by atoms with Gasteiger partial charge in [0.25, 0.3) is 0 Å². The number of hydrogen-bond donors (Lipinski definition) is 1. The first kappa shape index (κ1) is 43.2. The Balaban J connectivity index is 1.36. The molecule has 0 bridgehead atoms. The van der Waals surface area contributed by atoms with Crippen LogP contribution in [-0.2, 0) is 20.9 Å². The minimum absolute atomic E-state index is 0.132. The first-order chi connectivity index (χ1) is 28.5. The highest BCUT2D eigenvalue weighted by molar-refractivity contribution is 7.13. The average molecular weight is 824 g/mol. The fourth-order valence-electron chi connectivity index (χ4n) is 7.71. The number of aryl methyl sites for hydroxylation is 1. The summed E-state index contributed by atoms with van der Waals surface area (Å²) in [5.41, 5.74) is 2.89. The van der Waals surface area contributed by atoms with Crippen molar-refractivity contribution in [2.24, 2.45) is 5.92 Å². The number of ether oxygens (including phenoxy) is 4. The number of allylic oxidation sites excluding steroid dienone is 1. The van der Waals surface area contributed by atoms with Gasteiger partial charge < -0.3 is 34.1 Å². The predicted octanol–water partition coefficient (Wildman–Crippen LogP) is 8.62. The molecule has 6 rings (SSSR count). The number of hydrogen-bond acceptors (Lipinski definition) is 10. The lowest BCUT2D eigenvalue weighted by atomic mass is 10.1. The second-order valence-electron chi connectivity index (χ2n) is 15.6. The molecule has 59 heavy (non-hydrogen) atoms. The molecule has 314 valence electrons. The van der Waals surface area contributed by atoms with Crippen LogP contribution in [-0.4, -0.2) is 89.3 Å². The van der Waals surface area contributed by atoms with Crippen molar-refractivity contribution in [3.05, 3.63) is 90.0 Å². The highest BCUT2D eigenvalue weighted by atomic mass is 32.1. The Morgan fingerprint density at radius 1 is 1.05 bits per heavy atom. The number of likely N-dealkylation sites (tertiary alicyclic amines) is 1. The zero-order valence-corrected chi connectivity index (χ0v) is 35.9. The van der Waals surface area contributed by atoms with E-state index in [2.05, 4.69) is 32.3 Å². The molecule has 2 fully saturated rings. The van der Waals surface area contributed by atoms with Gasteiger partial charge in [0.15, 0.2) is 0 Å².